The third-order valence-corrected chi connectivity index (χ3v) is 4.15. The van der Waals surface area contributed by atoms with Crippen LogP contribution in [-0.4, -0.2) is 36.3 Å². The molecule has 2 aromatic heterocycles. The molecule has 0 atom stereocenters. The Bertz CT molecular complexity index is 653. The molecule has 1 aliphatic carbocycles. The van der Waals surface area contributed by atoms with Crippen LogP contribution >= 0.6 is 15.9 Å². The van der Waals surface area contributed by atoms with Crippen molar-refractivity contribution >= 4 is 21.9 Å². The van der Waals surface area contributed by atoms with Gasteiger partial charge in [0.15, 0.2) is 5.82 Å². The fourth-order valence-corrected chi connectivity index (χ4v) is 2.75. The maximum Gasteiger partial charge on any atom is 0.311 e. The van der Waals surface area contributed by atoms with Crippen molar-refractivity contribution in [2.45, 2.75) is 25.8 Å². The Morgan fingerprint density at radius 1 is 1.45 bits per heavy atom. The topological polar surface area (TPSA) is 93.8 Å². The Labute approximate surface area is 123 Å². The van der Waals surface area contributed by atoms with E-state index in [0.29, 0.717) is 18.7 Å². The van der Waals surface area contributed by atoms with E-state index in [1.165, 1.54) is 0 Å². The molecular formula is C12H12BrN5O2. The lowest BCUT2D eigenvalue weighted by atomic mass is 9.69. The van der Waals surface area contributed by atoms with Crippen LogP contribution < -0.4 is 0 Å². The molecule has 0 spiro atoms. The summed E-state index contributed by atoms with van der Waals surface area (Å²) >= 11 is 3.35. The number of halogens is 1. The third-order valence-electron chi connectivity index (χ3n) is 3.71. The van der Waals surface area contributed by atoms with Crippen LogP contribution in [0.25, 0.3) is 11.4 Å². The number of tetrazole rings is 1. The number of carbonyl (C=O) groups is 1. The van der Waals surface area contributed by atoms with Crippen molar-refractivity contribution in [3.8, 4) is 11.4 Å². The normalized spacial score (nSPS) is 16.6. The van der Waals surface area contributed by atoms with Gasteiger partial charge in [-0.15, -0.1) is 5.10 Å². The van der Waals surface area contributed by atoms with Gasteiger partial charge in [-0.2, -0.15) is 0 Å². The molecule has 0 bridgehead atoms. The zero-order valence-corrected chi connectivity index (χ0v) is 12.1. The minimum absolute atomic E-state index is 0.289. The fraction of sp³-hybridized carbons (Fsp3) is 0.417. The van der Waals surface area contributed by atoms with Gasteiger partial charge in [-0.05, 0) is 45.3 Å². The second-order valence-electron chi connectivity index (χ2n) is 4.99. The van der Waals surface area contributed by atoms with E-state index in [4.69, 9.17) is 0 Å². The summed E-state index contributed by atoms with van der Waals surface area (Å²) in [6, 6.07) is 1.85. The van der Waals surface area contributed by atoms with Crippen molar-refractivity contribution in [1.82, 2.24) is 25.2 Å². The van der Waals surface area contributed by atoms with Crippen molar-refractivity contribution in [2.75, 3.05) is 0 Å². The van der Waals surface area contributed by atoms with Gasteiger partial charge in [0.25, 0.3) is 0 Å². The van der Waals surface area contributed by atoms with Gasteiger partial charge in [0.1, 0.15) is 0 Å². The Hall–Kier alpha value is -1.83. The first kappa shape index (κ1) is 13.2. The SMILES string of the molecule is O=C(O)C1(Cn2nnnc2-c2cncc(Br)c2)CCC1. The Kier molecular flexibility index (Phi) is 3.25. The van der Waals surface area contributed by atoms with Crippen molar-refractivity contribution in [2.24, 2.45) is 5.41 Å². The highest BCUT2D eigenvalue weighted by molar-refractivity contribution is 9.10. The average Bonchev–Trinajstić information content (AvgIpc) is 2.81. The Morgan fingerprint density at radius 3 is 2.85 bits per heavy atom. The lowest BCUT2D eigenvalue weighted by Gasteiger charge is -2.37. The van der Waals surface area contributed by atoms with Gasteiger partial charge < -0.3 is 5.11 Å². The summed E-state index contributed by atoms with van der Waals surface area (Å²) < 4.78 is 2.37. The predicted molar refractivity (Wildman–Crippen MR) is 72.7 cm³/mol. The first-order chi connectivity index (χ1) is 9.61. The first-order valence-corrected chi connectivity index (χ1v) is 7.00. The monoisotopic (exact) mass is 337 g/mol. The highest BCUT2D eigenvalue weighted by Gasteiger charge is 2.45. The summed E-state index contributed by atoms with van der Waals surface area (Å²) in [6.07, 6.45) is 5.59. The second-order valence-corrected chi connectivity index (χ2v) is 5.91. The highest BCUT2D eigenvalue weighted by atomic mass is 79.9. The number of rotatable bonds is 4. The van der Waals surface area contributed by atoms with Crippen LogP contribution in [0, 0.1) is 5.41 Å². The zero-order valence-electron chi connectivity index (χ0n) is 10.5. The minimum atomic E-state index is -0.780. The molecule has 1 N–H and O–H groups in total. The summed E-state index contributed by atoms with van der Waals surface area (Å²) in [4.78, 5) is 15.5. The molecular weight excluding hydrogens is 326 g/mol. The molecule has 2 heterocycles. The minimum Gasteiger partial charge on any atom is -0.481 e. The first-order valence-electron chi connectivity index (χ1n) is 6.21. The van der Waals surface area contributed by atoms with Gasteiger partial charge in [0, 0.05) is 22.4 Å². The van der Waals surface area contributed by atoms with Gasteiger partial charge in [-0.3, -0.25) is 9.78 Å². The predicted octanol–water partition coefficient (Wildman–Crippen LogP) is 1.75. The van der Waals surface area contributed by atoms with Crippen LogP contribution in [0.3, 0.4) is 0 Å². The van der Waals surface area contributed by atoms with Gasteiger partial charge >= 0.3 is 5.97 Å². The zero-order chi connectivity index (χ0) is 14.2. The van der Waals surface area contributed by atoms with Crippen LogP contribution in [0.15, 0.2) is 22.9 Å². The number of carboxylic acid groups (broad SMARTS) is 1. The maximum absolute atomic E-state index is 11.4. The number of hydrogen-bond donors (Lipinski definition) is 1. The van der Waals surface area contributed by atoms with Gasteiger partial charge in [0.05, 0.1) is 12.0 Å². The van der Waals surface area contributed by atoms with Crippen LogP contribution in [0.1, 0.15) is 19.3 Å². The van der Waals surface area contributed by atoms with E-state index in [1.54, 1.807) is 17.1 Å². The van der Waals surface area contributed by atoms with Crippen molar-refractivity contribution in [3.63, 3.8) is 0 Å². The standard InChI is InChI=1S/C12H12BrN5O2/c13-9-4-8(5-14-6-9)10-15-16-17-18(10)7-12(11(19)20)2-1-3-12/h4-6H,1-3,7H2,(H,19,20). The van der Waals surface area contributed by atoms with E-state index in [9.17, 15) is 9.90 Å². The number of hydrogen-bond acceptors (Lipinski definition) is 5. The lowest BCUT2D eigenvalue weighted by Crippen LogP contribution is -2.42. The summed E-state index contributed by atoms with van der Waals surface area (Å²) in [6.45, 7) is 0.289. The molecule has 8 heteroatoms. The molecule has 20 heavy (non-hydrogen) atoms. The number of nitrogens with zero attached hydrogens (tertiary/aromatic N) is 5. The largest absolute Gasteiger partial charge is 0.481 e. The summed E-state index contributed by atoms with van der Waals surface area (Å²) in [5.74, 6) is -0.246. The summed E-state index contributed by atoms with van der Waals surface area (Å²) in [7, 11) is 0. The van der Waals surface area contributed by atoms with Crippen molar-refractivity contribution in [3.05, 3.63) is 22.9 Å². The van der Waals surface area contributed by atoms with Crippen LogP contribution in [0.5, 0.6) is 0 Å². The van der Waals surface area contributed by atoms with E-state index in [0.717, 1.165) is 16.5 Å². The molecule has 7 nitrogen and oxygen atoms in total. The van der Waals surface area contributed by atoms with E-state index in [1.807, 2.05) is 6.07 Å². The summed E-state index contributed by atoms with van der Waals surface area (Å²) in [5, 5.41) is 20.9. The molecule has 1 saturated carbocycles. The van der Waals surface area contributed by atoms with Crippen molar-refractivity contribution in [1.29, 1.82) is 0 Å². The number of carboxylic acids is 1. The number of aliphatic carboxylic acids is 1. The lowest BCUT2D eigenvalue weighted by molar-refractivity contribution is -0.156. The van der Waals surface area contributed by atoms with E-state index >= 15 is 0 Å². The molecule has 0 aromatic carbocycles. The fourth-order valence-electron chi connectivity index (χ4n) is 2.38. The van der Waals surface area contributed by atoms with Crippen molar-refractivity contribution < 1.29 is 9.90 Å². The molecule has 0 aliphatic heterocycles. The Balaban J connectivity index is 1.93. The molecule has 0 saturated heterocycles. The van der Waals surface area contributed by atoms with Gasteiger partial charge in [-0.1, -0.05) is 6.42 Å². The maximum atomic E-state index is 11.4. The molecule has 2 aromatic rings. The second kappa shape index (κ2) is 4.93. The van der Waals surface area contributed by atoms with E-state index < -0.39 is 11.4 Å². The van der Waals surface area contributed by atoms with E-state index in [2.05, 4.69) is 36.4 Å². The Morgan fingerprint density at radius 2 is 2.25 bits per heavy atom. The van der Waals surface area contributed by atoms with Gasteiger partial charge in [-0.25, -0.2) is 4.68 Å². The number of aromatic nitrogens is 5. The average molecular weight is 338 g/mol. The molecule has 0 radical (unpaired) electrons. The third kappa shape index (κ3) is 2.20. The highest BCUT2D eigenvalue weighted by Crippen LogP contribution is 2.43. The molecule has 104 valence electrons. The van der Waals surface area contributed by atoms with Crippen LogP contribution in [0.2, 0.25) is 0 Å². The van der Waals surface area contributed by atoms with Crippen LogP contribution in [0.4, 0.5) is 0 Å². The quantitative estimate of drug-likeness (QED) is 0.913. The van der Waals surface area contributed by atoms with Gasteiger partial charge in [0.2, 0.25) is 0 Å². The molecule has 0 unspecified atom stereocenters. The number of pyridine rings is 1. The molecule has 1 fully saturated rings. The molecule has 0 amide bonds. The van der Waals surface area contributed by atoms with Crippen LogP contribution in [-0.2, 0) is 11.3 Å². The summed E-state index contributed by atoms with van der Waals surface area (Å²) in [5.41, 5.74) is 0.0214. The smallest absolute Gasteiger partial charge is 0.311 e. The van der Waals surface area contributed by atoms with E-state index in [-0.39, 0.29) is 6.54 Å². The molecule has 3 rings (SSSR count). The molecule has 1 aliphatic rings.